The van der Waals surface area contributed by atoms with Crippen LogP contribution in [0.2, 0.25) is 5.02 Å². The molecule has 0 spiro atoms. The zero-order chi connectivity index (χ0) is 14.0. The number of para-hydroxylation sites is 1. The number of rotatable bonds is 3. The maximum atomic E-state index is 13.7. The van der Waals surface area contributed by atoms with Gasteiger partial charge in [-0.25, -0.2) is 8.78 Å². The summed E-state index contributed by atoms with van der Waals surface area (Å²) < 4.78 is 32.0. The number of hydrogen-bond acceptors (Lipinski definition) is 2. The van der Waals surface area contributed by atoms with Crippen LogP contribution in [0.1, 0.15) is 17.3 Å². The second-order valence-electron chi connectivity index (χ2n) is 3.85. The standard InChI is InChI=1S/C14H9ClF2O2/c1-8(18)10-3-2-4-13(17)14(10)19-9-5-6-12(16)11(15)7-9/h2-7H,1H3. The summed E-state index contributed by atoms with van der Waals surface area (Å²) in [4.78, 5) is 11.4. The van der Waals surface area contributed by atoms with Crippen LogP contribution in [-0.2, 0) is 0 Å². The minimum absolute atomic E-state index is 0.112. The molecular weight excluding hydrogens is 274 g/mol. The predicted octanol–water partition coefficient (Wildman–Crippen LogP) is 4.61. The summed E-state index contributed by atoms with van der Waals surface area (Å²) in [6.07, 6.45) is 0. The van der Waals surface area contributed by atoms with Gasteiger partial charge in [0.1, 0.15) is 11.6 Å². The van der Waals surface area contributed by atoms with Gasteiger partial charge in [-0.15, -0.1) is 0 Å². The Morgan fingerprint density at radius 3 is 2.53 bits per heavy atom. The molecule has 5 heteroatoms. The Kier molecular flexibility index (Phi) is 3.81. The molecule has 98 valence electrons. The van der Waals surface area contributed by atoms with E-state index in [0.29, 0.717) is 0 Å². The van der Waals surface area contributed by atoms with Crippen LogP contribution in [0.4, 0.5) is 8.78 Å². The molecule has 2 aromatic carbocycles. The molecule has 0 bridgehead atoms. The summed E-state index contributed by atoms with van der Waals surface area (Å²) >= 11 is 5.61. The largest absolute Gasteiger partial charge is 0.453 e. The molecule has 2 aromatic rings. The lowest BCUT2D eigenvalue weighted by Crippen LogP contribution is -1.99. The summed E-state index contributed by atoms with van der Waals surface area (Å²) in [5, 5.41) is -0.141. The van der Waals surface area contributed by atoms with E-state index in [4.69, 9.17) is 16.3 Å². The van der Waals surface area contributed by atoms with E-state index in [1.54, 1.807) is 0 Å². The van der Waals surface area contributed by atoms with Crippen molar-refractivity contribution in [1.29, 1.82) is 0 Å². The van der Waals surface area contributed by atoms with Crippen molar-refractivity contribution in [3.8, 4) is 11.5 Å². The summed E-state index contributed by atoms with van der Waals surface area (Å²) in [5.74, 6) is -1.65. The molecule has 2 nitrogen and oxygen atoms in total. The Balaban J connectivity index is 2.42. The van der Waals surface area contributed by atoms with E-state index in [1.165, 1.54) is 37.3 Å². The first-order chi connectivity index (χ1) is 8.99. The van der Waals surface area contributed by atoms with Crippen LogP contribution in [0.3, 0.4) is 0 Å². The zero-order valence-electron chi connectivity index (χ0n) is 9.91. The zero-order valence-corrected chi connectivity index (χ0v) is 10.7. The molecular formula is C14H9ClF2O2. The Morgan fingerprint density at radius 1 is 1.16 bits per heavy atom. The van der Waals surface area contributed by atoms with Gasteiger partial charge in [0.25, 0.3) is 0 Å². The fraction of sp³-hybridized carbons (Fsp3) is 0.0714. The smallest absolute Gasteiger partial charge is 0.173 e. The fourth-order valence-corrected chi connectivity index (χ4v) is 1.72. The maximum absolute atomic E-state index is 13.7. The highest BCUT2D eigenvalue weighted by Crippen LogP contribution is 2.30. The molecule has 0 amide bonds. The monoisotopic (exact) mass is 282 g/mol. The Hall–Kier alpha value is -1.94. The summed E-state index contributed by atoms with van der Waals surface area (Å²) in [7, 11) is 0. The van der Waals surface area contributed by atoms with Crippen LogP contribution in [-0.4, -0.2) is 5.78 Å². The van der Waals surface area contributed by atoms with Gasteiger partial charge >= 0.3 is 0 Å². The molecule has 0 aliphatic carbocycles. The lowest BCUT2D eigenvalue weighted by molar-refractivity contribution is 0.101. The average Bonchev–Trinajstić information content (AvgIpc) is 2.36. The van der Waals surface area contributed by atoms with Crippen molar-refractivity contribution in [2.45, 2.75) is 6.92 Å². The third kappa shape index (κ3) is 2.90. The highest BCUT2D eigenvalue weighted by atomic mass is 35.5. The molecule has 0 saturated carbocycles. The van der Waals surface area contributed by atoms with Gasteiger partial charge < -0.3 is 4.74 Å². The van der Waals surface area contributed by atoms with Gasteiger partial charge in [-0.05, 0) is 31.2 Å². The maximum Gasteiger partial charge on any atom is 0.173 e. The van der Waals surface area contributed by atoms with Gasteiger partial charge in [0.2, 0.25) is 0 Å². The molecule has 0 aromatic heterocycles. The number of ketones is 1. The van der Waals surface area contributed by atoms with Crippen LogP contribution >= 0.6 is 11.6 Å². The van der Waals surface area contributed by atoms with Crippen LogP contribution in [0.5, 0.6) is 11.5 Å². The molecule has 19 heavy (non-hydrogen) atoms. The molecule has 0 N–H and O–H groups in total. The SMILES string of the molecule is CC(=O)c1cccc(F)c1Oc1ccc(F)c(Cl)c1. The average molecular weight is 283 g/mol. The van der Waals surface area contributed by atoms with Crippen molar-refractivity contribution in [3.05, 3.63) is 58.6 Å². The summed E-state index contributed by atoms with van der Waals surface area (Å²) in [6, 6.07) is 7.66. The third-order valence-corrected chi connectivity index (χ3v) is 2.75. The second-order valence-corrected chi connectivity index (χ2v) is 4.26. The first-order valence-electron chi connectivity index (χ1n) is 5.41. The van der Waals surface area contributed by atoms with E-state index in [-0.39, 0.29) is 27.9 Å². The van der Waals surface area contributed by atoms with E-state index in [0.717, 1.165) is 6.07 Å². The van der Waals surface area contributed by atoms with Crippen molar-refractivity contribution >= 4 is 17.4 Å². The first kappa shape index (κ1) is 13.5. The van der Waals surface area contributed by atoms with Crippen LogP contribution in [0.25, 0.3) is 0 Å². The van der Waals surface area contributed by atoms with Crippen molar-refractivity contribution in [2.75, 3.05) is 0 Å². The minimum Gasteiger partial charge on any atom is -0.453 e. The topological polar surface area (TPSA) is 26.3 Å². The van der Waals surface area contributed by atoms with E-state index in [2.05, 4.69) is 0 Å². The fourth-order valence-electron chi connectivity index (χ4n) is 1.55. The number of carbonyl (C=O) groups excluding carboxylic acids is 1. The molecule has 2 rings (SSSR count). The Morgan fingerprint density at radius 2 is 1.89 bits per heavy atom. The molecule has 0 aliphatic rings. The van der Waals surface area contributed by atoms with Crippen molar-refractivity contribution in [2.24, 2.45) is 0 Å². The van der Waals surface area contributed by atoms with Gasteiger partial charge in [-0.2, -0.15) is 0 Å². The number of Topliss-reactive ketones (excluding diaryl/α,β-unsaturated/α-hetero) is 1. The Bertz CT molecular complexity index is 641. The molecule has 0 fully saturated rings. The molecule has 0 saturated heterocycles. The number of benzene rings is 2. The van der Waals surface area contributed by atoms with Crippen molar-refractivity contribution < 1.29 is 18.3 Å². The Labute approximate surface area is 113 Å². The lowest BCUT2D eigenvalue weighted by Gasteiger charge is -2.10. The molecule has 0 radical (unpaired) electrons. The van der Waals surface area contributed by atoms with Crippen LogP contribution < -0.4 is 4.74 Å². The highest BCUT2D eigenvalue weighted by molar-refractivity contribution is 6.30. The summed E-state index contributed by atoms with van der Waals surface area (Å²) in [6.45, 7) is 1.30. The summed E-state index contributed by atoms with van der Waals surface area (Å²) in [5.41, 5.74) is 0.112. The predicted molar refractivity (Wildman–Crippen MR) is 67.9 cm³/mol. The second kappa shape index (κ2) is 5.36. The van der Waals surface area contributed by atoms with Gasteiger partial charge in [0, 0.05) is 6.07 Å². The van der Waals surface area contributed by atoms with Gasteiger partial charge in [-0.3, -0.25) is 4.79 Å². The van der Waals surface area contributed by atoms with Gasteiger partial charge in [0.05, 0.1) is 10.6 Å². The third-order valence-electron chi connectivity index (χ3n) is 2.46. The normalized spacial score (nSPS) is 10.3. The van der Waals surface area contributed by atoms with Gasteiger partial charge in [-0.1, -0.05) is 17.7 Å². The van der Waals surface area contributed by atoms with Crippen molar-refractivity contribution in [3.63, 3.8) is 0 Å². The molecule has 0 unspecified atom stereocenters. The number of carbonyl (C=O) groups is 1. The molecule has 0 aliphatic heterocycles. The molecule has 0 heterocycles. The van der Waals surface area contributed by atoms with E-state index >= 15 is 0 Å². The lowest BCUT2D eigenvalue weighted by atomic mass is 10.1. The quantitative estimate of drug-likeness (QED) is 0.768. The number of hydrogen-bond donors (Lipinski definition) is 0. The van der Waals surface area contributed by atoms with E-state index in [1.807, 2.05) is 0 Å². The van der Waals surface area contributed by atoms with Crippen LogP contribution in [0.15, 0.2) is 36.4 Å². The highest BCUT2D eigenvalue weighted by Gasteiger charge is 2.14. The number of halogens is 3. The first-order valence-corrected chi connectivity index (χ1v) is 5.79. The van der Waals surface area contributed by atoms with Gasteiger partial charge in [0.15, 0.2) is 17.3 Å². The van der Waals surface area contributed by atoms with E-state index in [9.17, 15) is 13.6 Å². The minimum atomic E-state index is -0.673. The van der Waals surface area contributed by atoms with E-state index < -0.39 is 11.6 Å². The van der Waals surface area contributed by atoms with Crippen LogP contribution in [0, 0.1) is 11.6 Å². The molecule has 0 atom stereocenters. The number of ether oxygens (including phenoxy) is 1. The van der Waals surface area contributed by atoms with Crippen molar-refractivity contribution in [1.82, 2.24) is 0 Å².